The van der Waals surface area contributed by atoms with Crippen LogP contribution in [0.1, 0.15) is 39.5 Å². The molecule has 130 valence electrons. The maximum Gasteiger partial charge on any atom is 0.243 e. The van der Waals surface area contributed by atoms with Crippen molar-refractivity contribution in [2.24, 2.45) is 5.92 Å². The number of aromatic nitrogens is 1. The van der Waals surface area contributed by atoms with Gasteiger partial charge in [-0.3, -0.25) is 14.6 Å². The fourth-order valence-corrected chi connectivity index (χ4v) is 3.01. The fraction of sp³-hybridized carbons (Fsp3) is 0.611. The normalized spacial score (nSPS) is 23.4. The zero-order chi connectivity index (χ0) is 17.1. The third-order valence-electron chi connectivity index (χ3n) is 4.33. The number of amides is 2. The molecule has 2 fully saturated rings. The van der Waals surface area contributed by atoms with Crippen LogP contribution < -0.4 is 10.1 Å². The number of nitrogens with one attached hydrogen (secondary N) is 1. The highest BCUT2D eigenvalue weighted by atomic mass is 16.5. The lowest BCUT2D eigenvalue weighted by Crippen LogP contribution is -2.46. The summed E-state index contributed by atoms with van der Waals surface area (Å²) < 4.78 is 5.93. The van der Waals surface area contributed by atoms with Gasteiger partial charge in [-0.1, -0.05) is 13.8 Å². The van der Waals surface area contributed by atoms with Gasteiger partial charge in [-0.15, -0.1) is 0 Å². The smallest absolute Gasteiger partial charge is 0.243 e. The van der Waals surface area contributed by atoms with E-state index >= 15 is 0 Å². The van der Waals surface area contributed by atoms with Crippen LogP contribution in [-0.2, 0) is 9.59 Å². The molecule has 0 bridgehead atoms. The molecule has 1 saturated heterocycles. The van der Waals surface area contributed by atoms with Gasteiger partial charge in [0.25, 0.3) is 0 Å². The first kappa shape index (κ1) is 16.7. The van der Waals surface area contributed by atoms with Crippen molar-refractivity contribution in [3.63, 3.8) is 0 Å². The lowest BCUT2D eigenvalue weighted by atomic mass is 10.1. The van der Waals surface area contributed by atoms with Crippen molar-refractivity contribution in [3.05, 3.63) is 24.5 Å². The molecule has 0 unspecified atom stereocenters. The zero-order valence-corrected chi connectivity index (χ0v) is 14.3. The molecular formula is C18H25N3O3. The van der Waals surface area contributed by atoms with Gasteiger partial charge in [0.15, 0.2) is 0 Å². The number of carbonyl (C=O) groups is 2. The molecule has 1 saturated carbocycles. The summed E-state index contributed by atoms with van der Waals surface area (Å²) in [6, 6.07) is 3.50. The molecule has 1 aliphatic carbocycles. The minimum atomic E-state index is -0.432. The Kier molecular flexibility index (Phi) is 5.02. The van der Waals surface area contributed by atoms with Crippen molar-refractivity contribution in [1.82, 2.24) is 15.2 Å². The van der Waals surface area contributed by atoms with Crippen LogP contribution >= 0.6 is 0 Å². The number of ether oxygens (including phenoxy) is 1. The summed E-state index contributed by atoms with van der Waals surface area (Å²) >= 11 is 0. The van der Waals surface area contributed by atoms with E-state index in [0.29, 0.717) is 25.1 Å². The molecule has 2 heterocycles. The van der Waals surface area contributed by atoms with Crippen molar-refractivity contribution in [2.75, 3.05) is 6.54 Å². The first-order chi connectivity index (χ1) is 11.5. The Balaban J connectivity index is 1.68. The number of likely N-dealkylation sites (tertiary alicyclic amines) is 1. The predicted molar refractivity (Wildman–Crippen MR) is 89.4 cm³/mol. The molecule has 1 aliphatic heterocycles. The maximum atomic E-state index is 12.5. The van der Waals surface area contributed by atoms with Crippen molar-refractivity contribution in [1.29, 1.82) is 0 Å². The van der Waals surface area contributed by atoms with Crippen LogP contribution in [0, 0.1) is 5.92 Å². The molecule has 2 amide bonds. The molecule has 6 heteroatoms. The van der Waals surface area contributed by atoms with Gasteiger partial charge in [-0.05, 0) is 30.9 Å². The minimum Gasteiger partial charge on any atom is -0.487 e. The average molecular weight is 331 g/mol. The van der Waals surface area contributed by atoms with E-state index < -0.39 is 6.04 Å². The molecule has 1 aromatic rings. The number of pyridine rings is 1. The van der Waals surface area contributed by atoms with Crippen LogP contribution in [0.3, 0.4) is 0 Å². The first-order valence-electron chi connectivity index (χ1n) is 8.69. The number of hydrogen-bond acceptors (Lipinski definition) is 4. The summed E-state index contributed by atoms with van der Waals surface area (Å²) in [5, 5.41) is 3.02. The molecule has 3 rings (SSSR count). The third-order valence-corrected chi connectivity index (χ3v) is 4.33. The molecule has 0 radical (unpaired) electrons. The van der Waals surface area contributed by atoms with Gasteiger partial charge in [0.2, 0.25) is 11.8 Å². The molecular weight excluding hydrogens is 306 g/mol. The number of nitrogens with zero attached hydrogens (tertiary/aromatic N) is 2. The number of carbonyl (C=O) groups excluding carboxylic acids is 2. The zero-order valence-electron chi connectivity index (χ0n) is 14.3. The van der Waals surface area contributed by atoms with Crippen LogP contribution in [0.25, 0.3) is 0 Å². The van der Waals surface area contributed by atoms with E-state index in [4.69, 9.17) is 4.74 Å². The van der Waals surface area contributed by atoms with Gasteiger partial charge < -0.3 is 15.0 Å². The summed E-state index contributed by atoms with van der Waals surface area (Å²) in [4.78, 5) is 30.8. The van der Waals surface area contributed by atoms with Crippen molar-refractivity contribution >= 4 is 11.8 Å². The second-order valence-electron chi connectivity index (χ2n) is 7.11. The van der Waals surface area contributed by atoms with Gasteiger partial charge >= 0.3 is 0 Å². The molecule has 2 aliphatic rings. The number of rotatable bonds is 6. The fourth-order valence-electron chi connectivity index (χ4n) is 3.01. The molecule has 0 spiro atoms. The number of hydrogen-bond donors (Lipinski definition) is 1. The summed E-state index contributed by atoms with van der Waals surface area (Å²) in [6.45, 7) is 4.47. The largest absolute Gasteiger partial charge is 0.487 e. The lowest BCUT2D eigenvalue weighted by Gasteiger charge is -2.24. The van der Waals surface area contributed by atoms with Crippen LogP contribution in [0.4, 0.5) is 0 Å². The van der Waals surface area contributed by atoms with E-state index in [1.165, 1.54) is 0 Å². The van der Waals surface area contributed by atoms with E-state index in [2.05, 4.69) is 10.3 Å². The molecule has 2 atom stereocenters. The summed E-state index contributed by atoms with van der Waals surface area (Å²) in [5.74, 6) is 0.912. The Morgan fingerprint density at radius 2 is 2.21 bits per heavy atom. The summed E-state index contributed by atoms with van der Waals surface area (Å²) in [6.07, 6.45) is 6.20. The van der Waals surface area contributed by atoms with Crippen molar-refractivity contribution < 1.29 is 14.3 Å². The van der Waals surface area contributed by atoms with Crippen LogP contribution in [0.5, 0.6) is 5.75 Å². The summed E-state index contributed by atoms with van der Waals surface area (Å²) in [7, 11) is 0. The SMILES string of the molecule is CC(C)CC(=O)N1C[C@@H](Oc2cccnc2)C[C@H]1C(=O)NC1CC1. The Hall–Kier alpha value is -2.11. The molecule has 1 aromatic heterocycles. The van der Waals surface area contributed by atoms with Crippen LogP contribution in [0.2, 0.25) is 0 Å². The standard InChI is InChI=1S/C18H25N3O3/c1-12(2)8-17(22)21-11-15(24-14-4-3-7-19-10-14)9-16(21)18(23)20-13-5-6-13/h3-4,7,10,12-13,15-16H,5-6,8-9,11H2,1-2H3,(H,20,23)/t15-,16-/m0/s1. The van der Waals surface area contributed by atoms with Crippen LogP contribution in [0.15, 0.2) is 24.5 Å². The van der Waals surface area contributed by atoms with E-state index in [1.54, 1.807) is 17.3 Å². The van der Waals surface area contributed by atoms with E-state index in [-0.39, 0.29) is 29.9 Å². The molecule has 0 aromatic carbocycles. The topological polar surface area (TPSA) is 71.5 Å². The minimum absolute atomic E-state index is 0.0261. The maximum absolute atomic E-state index is 12.5. The van der Waals surface area contributed by atoms with Gasteiger partial charge in [-0.25, -0.2) is 0 Å². The predicted octanol–water partition coefficient (Wildman–Crippen LogP) is 1.75. The Morgan fingerprint density at radius 1 is 1.42 bits per heavy atom. The molecule has 1 N–H and O–H groups in total. The highest BCUT2D eigenvalue weighted by Gasteiger charge is 2.41. The Morgan fingerprint density at radius 3 is 2.83 bits per heavy atom. The lowest BCUT2D eigenvalue weighted by molar-refractivity contribution is -0.139. The molecule has 6 nitrogen and oxygen atoms in total. The quantitative estimate of drug-likeness (QED) is 0.862. The van der Waals surface area contributed by atoms with Gasteiger partial charge in [-0.2, -0.15) is 0 Å². The van der Waals surface area contributed by atoms with E-state index in [0.717, 1.165) is 12.8 Å². The average Bonchev–Trinajstić information content (AvgIpc) is 3.24. The highest BCUT2D eigenvalue weighted by molar-refractivity contribution is 5.88. The summed E-state index contributed by atoms with van der Waals surface area (Å²) in [5.41, 5.74) is 0. The van der Waals surface area contributed by atoms with Crippen LogP contribution in [-0.4, -0.2) is 46.4 Å². The van der Waals surface area contributed by atoms with Crippen molar-refractivity contribution in [3.8, 4) is 5.75 Å². The third kappa shape index (κ3) is 4.24. The molecule has 24 heavy (non-hydrogen) atoms. The first-order valence-corrected chi connectivity index (χ1v) is 8.69. The van der Waals surface area contributed by atoms with E-state index in [9.17, 15) is 9.59 Å². The highest BCUT2D eigenvalue weighted by Crippen LogP contribution is 2.26. The second-order valence-corrected chi connectivity index (χ2v) is 7.11. The van der Waals surface area contributed by atoms with Gasteiger partial charge in [0.1, 0.15) is 17.9 Å². The van der Waals surface area contributed by atoms with E-state index in [1.807, 2.05) is 26.0 Å². The van der Waals surface area contributed by atoms with Crippen molar-refractivity contribution in [2.45, 2.75) is 57.7 Å². The monoisotopic (exact) mass is 331 g/mol. The van der Waals surface area contributed by atoms with Gasteiger partial charge in [0.05, 0.1) is 12.7 Å². The second kappa shape index (κ2) is 7.20. The van der Waals surface area contributed by atoms with Gasteiger partial charge in [0, 0.05) is 25.1 Å². The Labute approximate surface area is 142 Å². The Bertz CT molecular complexity index is 562.